The summed E-state index contributed by atoms with van der Waals surface area (Å²) in [5.74, 6) is 0.144. The fraction of sp³-hybridized carbons (Fsp3) is 0.933. The summed E-state index contributed by atoms with van der Waals surface area (Å²) in [6.45, 7) is 19.0. The Balaban J connectivity index is 4.95. The minimum atomic E-state index is -0.653. The van der Waals surface area contributed by atoms with E-state index < -0.39 is 6.16 Å². The maximum absolute atomic E-state index is 13.0. The van der Waals surface area contributed by atoms with Crippen molar-refractivity contribution in [3.8, 4) is 0 Å². The summed E-state index contributed by atoms with van der Waals surface area (Å²) in [5, 5.41) is 0. The lowest BCUT2D eigenvalue weighted by molar-refractivity contribution is -0.145. The summed E-state index contributed by atoms with van der Waals surface area (Å²) < 4.78 is 22.6. The molecule has 54 heavy (non-hydrogen) atoms. The van der Waals surface area contributed by atoms with E-state index in [9.17, 15) is 14.4 Å². The highest BCUT2D eigenvalue weighted by atomic mass is 16.7. The van der Waals surface area contributed by atoms with Crippen molar-refractivity contribution in [2.75, 3.05) is 59.1 Å². The molecular formula is C45H88N2O7. The molecular weight excluding hydrogens is 681 g/mol. The molecule has 2 unspecified atom stereocenters. The van der Waals surface area contributed by atoms with E-state index in [1.54, 1.807) is 0 Å². The highest BCUT2D eigenvalue weighted by Gasteiger charge is 2.19. The highest BCUT2D eigenvalue weighted by Crippen LogP contribution is 2.22. The molecule has 0 rings (SSSR count). The molecule has 0 saturated carbocycles. The number of unbranched alkanes of at least 4 members (excludes halogenated alkanes) is 14. The van der Waals surface area contributed by atoms with E-state index in [0.29, 0.717) is 57.9 Å². The summed E-state index contributed by atoms with van der Waals surface area (Å²) in [6, 6.07) is 0. The van der Waals surface area contributed by atoms with Gasteiger partial charge in [0, 0.05) is 39.0 Å². The van der Waals surface area contributed by atoms with Crippen LogP contribution < -0.4 is 0 Å². The van der Waals surface area contributed by atoms with Gasteiger partial charge in [0.1, 0.15) is 19.3 Å². The Morgan fingerprint density at radius 3 is 1.48 bits per heavy atom. The first-order valence-electron chi connectivity index (χ1n) is 22.9. The van der Waals surface area contributed by atoms with Crippen LogP contribution in [0.3, 0.4) is 0 Å². The number of ether oxygens (including phenoxy) is 4. The van der Waals surface area contributed by atoms with E-state index in [1.807, 2.05) is 0 Å². The minimum Gasteiger partial charge on any atom is -0.466 e. The minimum absolute atomic E-state index is 0.0896. The first-order chi connectivity index (χ1) is 26.3. The number of hydrogen-bond donors (Lipinski definition) is 0. The Kier molecular flexibility index (Phi) is 38.0. The van der Waals surface area contributed by atoms with E-state index in [2.05, 4.69) is 51.3 Å². The average Bonchev–Trinajstić information content (AvgIpc) is 3.16. The van der Waals surface area contributed by atoms with Gasteiger partial charge in [-0.3, -0.25) is 14.5 Å². The first kappa shape index (κ1) is 52.1. The van der Waals surface area contributed by atoms with E-state index >= 15 is 0 Å². The molecule has 0 aromatic carbocycles. The van der Waals surface area contributed by atoms with Crippen LogP contribution in [0.25, 0.3) is 0 Å². The molecule has 0 fully saturated rings. The highest BCUT2D eigenvalue weighted by molar-refractivity contribution is 5.69. The van der Waals surface area contributed by atoms with Gasteiger partial charge in [-0.1, -0.05) is 144 Å². The smallest absolute Gasteiger partial charge is 0.466 e. The maximum Gasteiger partial charge on any atom is 0.508 e. The van der Waals surface area contributed by atoms with Crippen LogP contribution >= 0.6 is 0 Å². The van der Waals surface area contributed by atoms with Crippen LogP contribution in [0, 0.1) is 5.92 Å². The molecule has 0 amide bonds. The molecule has 0 spiro atoms. The Morgan fingerprint density at radius 2 is 0.907 bits per heavy atom. The lowest BCUT2D eigenvalue weighted by atomic mass is 9.91. The van der Waals surface area contributed by atoms with Crippen molar-refractivity contribution in [3.05, 3.63) is 0 Å². The monoisotopic (exact) mass is 769 g/mol. The number of esters is 2. The molecule has 9 nitrogen and oxygen atoms in total. The molecule has 0 aromatic heterocycles. The molecule has 0 heterocycles. The van der Waals surface area contributed by atoms with Gasteiger partial charge in [0.05, 0.1) is 6.61 Å². The fourth-order valence-electron chi connectivity index (χ4n) is 6.91. The molecule has 2 atom stereocenters. The number of carbonyl (C=O) groups excluding carboxylic acids is 3. The van der Waals surface area contributed by atoms with Gasteiger partial charge in [-0.25, -0.2) is 4.79 Å². The lowest BCUT2D eigenvalue weighted by Gasteiger charge is -2.26. The molecule has 9 heteroatoms. The SMILES string of the molecule is CCCCCCCOC(=O)CCCC(CCCCCC)OC(=O)OCCN(CCOC(=O)CC(CCCCCC)CCCCCCC)CCN(CC)CC. The fourth-order valence-corrected chi connectivity index (χ4v) is 6.91. The number of carbonyl (C=O) groups is 3. The molecule has 320 valence electrons. The molecule has 0 aromatic rings. The summed E-state index contributed by atoms with van der Waals surface area (Å²) in [7, 11) is 0. The second-order valence-corrected chi connectivity index (χ2v) is 15.4. The number of hydrogen-bond acceptors (Lipinski definition) is 9. The van der Waals surface area contributed by atoms with E-state index in [0.717, 1.165) is 84.0 Å². The predicted octanol–water partition coefficient (Wildman–Crippen LogP) is 11.7. The van der Waals surface area contributed by atoms with Crippen LogP contribution in [0.5, 0.6) is 0 Å². The molecule has 0 bridgehead atoms. The van der Waals surface area contributed by atoms with Gasteiger partial charge in [-0.05, 0) is 64.0 Å². The zero-order valence-corrected chi connectivity index (χ0v) is 36.4. The standard InChI is InChI=1S/C45H88N2O7/c1-7-13-17-21-24-29-41(28-23-19-15-9-3)40-44(49)52-38-35-47(34-33-46(11-5)12-6)36-39-53-45(50)54-42(30-25-20-16-10-4)31-27-32-43(48)51-37-26-22-18-14-8-2/h41-42H,7-40H2,1-6H3. The second-order valence-electron chi connectivity index (χ2n) is 15.4. The van der Waals surface area contributed by atoms with Gasteiger partial charge in [0.2, 0.25) is 0 Å². The van der Waals surface area contributed by atoms with Gasteiger partial charge >= 0.3 is 18.1 Å². The van der Waals surface area contributed by atoms with E-state index in [1.165, 1.54) is 77.0 Å². The van der Waals surface area contributed by atoms with Crippen molar-refractivity contribution in [1.82, 2.24) is 9.80 Å². The number of likely N-dealkylation sites (N-methyl/N-ethyl adjacent to an activating group) is 1. The van der Waals surface area contributed by atoms with Crippen LogP contribution in [0.4, 0.5) is 4.79 Å². The second kappa shape index (κ2) is 39.4. The number of rotatable bonds is 40. The van der Waals surface area contributed by atoms with Gasteiger partial charge in [0.15, 0.2) is 0 Å². The molecule has 0 saturated heterocycles. The molecule has 0 aliphatic carbocycles. The Morgan fingerprint density at radius 1 is 0.444 bits per heavy atom. The topological polar surface area (TPSA) is 94.6 Å². The molecule has 0 radical (unpaired) electrons. The summed E-state index contributed by atoms with van der Waals surface area (Å²) >= 11 is 0. The van der Waals surface area contributed by atoms with Crippen LogP contribution in [-0.2, 0) is 28.5 Å². The Labute approximate surface area is 333 Å². The van der Waals surface area contributed by atoms with E-state index in [4.69, 9.17) is 18.9 Å². The van der Waals surface area contributed by atoms with Crippen molar-refractivity contribution in [2.24, 2.45) is 5.92 Å². The molecule has 0 N–H and O–H groups in total. The van der Waals surface area contributed by atoms with Crippen LogP contribution in [0.15, 0.2) is 0 Å². The Bertz CT molecular complexity index is 854. The normalized spacial score (nSPS) is 12.6. The third-order valence-corrected chi connectivity index (χ3v) is 10.6. The zero-order chi connectivity index (χ0) is 39.9. The van der Waals surface area contributed by atoms with Gasteiger partial charge < -0.3 is 23.8 Å². The number of nitrogens with zero attached hydrogens (tertiary/aromatic N) is 2. The first-order valence-corrected chi connectivity index (χ1v) is 22.9. The third-order valence-electron chi connectivity index (χ3n) is 10.6. The quantitative estimate of drug-likeness (QED) is 0.0343. The largest absolute Gasteiger partial charge is 0.508 e. The Hall–Kier alpha value is -1.87. The van der Waals surface area contributed by atoms with Crippen molar-refractivity contribution >= 4 is 18.1 Å². The lowest BCUT2D eigenvalue weighted by Crippen LogP contribution is -2.39. The van der Waals surface area contributed by atoms with Gasteiger partial charge in [-0.15, -0.1) is 0 Å². The van der Waals surface area contributed by atoms with E-state index in [-0.39, 0.29) is 24.6 Å². The average molecular weight is 769 g/mol. The summed E-state index contributed by atoms with van der Waals surface area (Å²) in [4.78, 5) is 42.7. The maximum atomic E-state index is 13.0. The van der Waals surface area contributed by atoms with Crippen LogP contribution in [-0.4, -0.2) is 93.1 Å². The van der Waals surface area contributed by atoms with Crippen LogP contribution in [0.1, 0.15) is 202 Å². The predicted molar refractivity (Wildman–Crippen MR) is 224 cm³/mol. The summed E-state index contributed by atoms with van der Waals surface area (Å²) in [6.07, 6.45) is 25.3. The molecule has 0 aliphatic rings. The third kappa shape index (κ3) is 33.5. The van der Waals surface area contributed by atoms with Crippen molar-refractivity contribution in [1.29, 1.82) is 0 Å². The zero-order valence-electron chi connectivity index (χ0n) is 36.4. The van der Waals surface area contributed by atoms with Crippen molar-refractivity contribution in [2.45, 2.75) is 208 Å². The molecule has 0 aliphatic heterocycles. The van der Waals surface area contributed by atoms with Crippen LogP contribution in [0.2, 0.25) is 0 Å². The van der Waals surface area contributed by atoms with Gasteiger partial charge in [0.25, 0.3) is 0 Å². The van der Waals surface area contributed by atoms with Gasteiger partial charge in [-0.2, -0.15) is 0 Å². The van der Waals surface area contributed by atoms with Crippen molar-refractivity contribution in [3.63, 3.8) is 0 Å². The summed E-state index contributed by atoms with van der Waals surface area (Å²) in [5.41, 5.74) is 0. The van der Waals surface area contributed by atoms with Crippen molar-refractivity contribution < 1.29 is 33.3 Å².